The average Bonchev–Trinajstić information content (AvgIpc) is 1.78. The van der Waals surface area contributed by atoms with E-state index in [4.69, 9.17) is 4.43 Å². The highest BCUT2D eigenvalue weighted by Gasteiger charge is 2.24. The van der Waals surface area contributed by atoms with E-state index in [2.05, 4.69) is 44.3 Å². The van der Waals surface area contributed by atoms with Crippen molar-refractivity contribution in [3.63, 3.8) is 0 Å². The molecule has 0 aliphatic heterocycles. The van der Waals surface area contributed by atoms with Gasteiger partial charge in [-0.2, -0.15) is 0 Å². The topological polar surface area (TPSA) is 21.6 Å². The van der Waals surface area contributed by atoms with E-state index in [1.807, 2.05) is 6.92 Å². The van der Waals surface area contributed by atoms with Crippen LogP contribution in [0.1, 0.15) is 20.3 Å². The van der Waals surface area contributed by atoms with E-state index in [-0.39, 0.29) is 0 Å². The van der Waals surface area contributed by atoms with E-state index < -0.39 is 16.6 Å². The second-order valence-corrected chi connectivity index (χ2v) is 14.2. The van der Waals surface area contributed by atoms with Crippen molar-refractivity contribution in [1.29, 1.82) is 0 Å². The summed E-state index contributed by atoms with van der Waals surface area (Å²) in [5.41, 5.74) is 0. The maximum absolute atomic E-state index is 5.98. The summed E-state index contributed by atoms with van der Waals surface area (Å²) < 4.78 is 10.6. The molecule has 0 rings (SSSR count). The molecule has 0 aliphatic rings. The molecular formula is C10H25NOSi2. The summed E-state index contributed by atoms with van der Waals surface area (Å²) in [6, 6.07) is 1.21. The molecular weight excluding hydrogens is 206 g/mol. The van der Waals surface area contributed by atoms with Crippen LogP contribution in [0.5, 0.6) is 0 Å². The van der Waals surface area contributed by atoms with Crippen LogP contribution in [-0.4, -0.2) is 22.5 Å². The second kappa shape index (κ2) is 5.12. The molecule has 0 aromatic heterocycles. The predicted molar refractivity (Wildman–Crippen MR) is 70.1 cm³/mol. The Morgan fingerprint density at radius 1 is 1.14 bits per heavy atom. The van der Waals surface area contributed by atoms with Crippen molar-refractivity contribution in [2.24, 2.45) is 4.66 Å². The quantitative estimate of drug-likeness (QED) is 0.409. The van der Waals surface area contributed by atoms with E-state index >= 15 is 0 Å². The largest absolute Gasteiger partial charge is 0.535 e. The number of rotatable bonds is 4. The molecule has 0 saturated carbocycles. The molecule has 0 radical (unpaired) electrons. The van der Waals surface area contributed by atoms with Gasteiger partial charge in [0.2, 0.25) is 8.32 Å². The summed E-state index contributed by atoms with van der Waals surface area (Å²) in [5, 5.41) is 0. The van der Waals surface area contributed by atoms with Crippen molar-refractivity contribution < 1.29 is 4.43 Å². The zero-order chi connectivity index (χ0) is 11.4. The summed E-state index contributed by atoms with van der Waals surface area (Å²) >= 11 is 0. The monoisotopic (exact) mass is 231 g/mol. The van der Waals surface area contributed by atoms with Crippen LogP contribution in [0, 0.1) is 0 Å². The van der Waals surface area contributed by atoms with Crippen LogP contribution in [0.4, 0.5) is 0 Å². The number of hydrogen-bond donors (Lipinski definition) is 0. The molecule has 0 bridgehead atoms. The smallest absolute Gasteiger partial charge is 0.246 e. The Labute approximate surface area is 91.0 Å². The van der Waals surface area contributed by atoms with Crippen LogP contribution < -0.4 is 0 Å². The Hall–Kier alpha value is -0.0962. The highest BCUT2D eigenvalue weighted by atomic mass is 28.4. The minimum Gasteiger partial charge on any atom is -0.535 e. The van der Waals surface area contributed by atoms with Crippen LogP contribution in [0.15, 0.2) is 4.66 Å². The molecule has 0 unspecified atom stereocenters. The molecule has 4 heteroatoms. The fourth-order valence-corrected chi connectivity index (χ4v) is 4.78. The minimum absolute atomic E-state index is 0.911. The van der Waals surface area contributed by atoms with E-state index in [0.717, 1.165) is 5.90 Å². The van der Waals surface area contributed by atoms with Crippen LogP contribution in [0.25, 0.3) is 0 Å². The molecule has 0 N–H and O–H groups in total. The fraction of sp³-hybridized carbons (Fsp3) is 0.900. The van der Waals surface area contributed by atoms with Gasteiger partial charge in [-0.15, -0.1) is 0 Å². The number of hydrogen-bond acceptors (Lipinski definition) is 2. The van der Waals surface area contributed by atoms with Crippen LogP contribution >= 0.6 is 0 Å². The molecule has 0 heterocycles. The maximum atomic E-state index is 5.98. The molecule has 0 aliphatic carbocycles. The van der Waals surface area contributed by atoms with Gasteiger partial charge in [0.25, 0.3) is 0 Å². The minimum atomic E-state index is -1.47. The Morgan fingerprint density at radius 2 is 1.64 bits per heavy atom. The first-order valence-electron chi connectivity index (χ1n) is 5.42. The van der Waals surface area contributed by atoms with Gasteiger partial charge in [0.1, 0.15) is 0 Å². The third kappa shape index (κ3) is 7.32. The molecule has 84 valence electrons. The lowest BCUT2D eigenvalue weighted by atomic mass is 10.6. The van der Waals surface area contributed by atoms with Crippen LogP contribution in [0.3, 0.4) is 0 Å². The van der Waals surface area contributed by atoms with Gasteiger partial charge in [0.05, 0.1) is 0 Å². The number of nitrogens with zero attached hydrogens (tertiary/aromatic N) is 1. The molecule has 0 saturated heterocycles. The molecule has 0 aromatic rings. The van der Waals surface area contributed by atoms with Gasteiger partial charge in [-0.3, -0.25) is 4.66 Å². The third-order valence-corrected chi connectivity index (χ3v) is 5.31. The fourth-order valence-electron chi connectivity index (χ4n) is 1.55. The van der Waals surface area contributed by atoms with Gasteiger partial charge in [-0.25, -0.2) is 0 Å². The summed E-state index contributed by atoms with van der Waals surface area (Å²) in [5.74, 6) is 0.911. The lowest BCUT2D eigenvalue weighted by Gasteiger charge is -2.24. The zero-order valence-corrected chi connectivity index (χ0v) is 12.8. The third-order valence-electron chi connectivity index (χ3n) is 1.77. The van der Waals surface area contributed by atoms with Crippen LogP contribution in [0.2, 0.25) is 38.8 Å². The summed E-state index contributed by atoms with van der Waals surface area (Å²) in [6.07, 6.45) is 1.21. The van der Waals surface area contributed by atoms with Crippen molar-refractivity contribution in [3.05, 3.63) is 0 Å². The molecule has 0 fully saturated rings. The average molecular weight is 231 g/mol. The Balaban J connectivity index is 4.31. The Morgan fingerprint density at radius 3 is 2.00 bits per heavy atom. The maximum Gasteiger partial charge on any atom is 0.246 e. The summed E-state index contributed by atoms with van der Waals surface area (Å²) in [6.45, 7) is 15.4. The standard InChI is InChI=1S/C10H25NOSi2/c1-8-9-14(6,7)12-10(2)11-13(3,4)5/h8-9H2,1-7H3. The van der Waals surface area contributed by atoms with E-state index in [1.165, 1.54) is 12.5 Å². The van der Waals surface area contributed by atoms with Gasteiger partial charge >= 0.3 is 0 Å². The van der Waals surface area contributed by atoms with E-state index in [9.17, 15) is 0 Å². The lowest BCUT2D eigenvalue weighted by molar-refractivity contribution is 0.536. The first-order valence-corrected chi connectivity index (χ1v) is 12.0. The van der Waals surface area contributed by atoms with Gasteiger partial charge in [-0.05, 0) is 38.8 Å². The van der Waals surface area contributed by atoms with Crippen LogP contribution in [-0.2, 0) is 4.43 Å². The molecule has 0 spiro atoms. The van der Waals surface area contributed by atoms with Crippen molar-refractivity contribution >= 4 is 22.5 Å². The van der Waals surface area contributed by atoms with Gasteiger partial charge in [0.15, 0.2) is 14.1 Å². The SMILES string of the molecule is CCC[Si](C)(C)OC(C)=N[Si](C)(C)C. The second-order valence-electron chi connectivity index (χ2n) is 5.41. The molecule has 0 atom stereocenters. The van der Waals surface area contributed by atoms with Gasteiger partial charge in [0, 0.05) is 6.92 Å². The zero-order valence-electron chi connectivity index (χ0n) is 10.8. The normalized spacial score (nSPS) is 14.4. The molecule has 14 heavy (non-hydrogen) atoms. The van der Waals surface area contributed by atoms with Crippen molar-refractivity contribution in [1.82, 2.24) is 0 Å². The molecule has 0 aromatic carbocycles. The van der Waals surface area contributed by atoms with Gasteiger partial charge in [-0.1, -0.05) is 13.3 Å². The lowest BCUT2D eigenvalue weighted by Crippen LogP contribution is -2.33. The summed E-state index contributed by atoms with van der Waals surface area (Å²) in [7, 11) is -2.83. The highest BCUT2D eigenvalue weighted by molar-refractivity contribution is 6.76. The summed E-state index contributed by atoms with van der Waals surface area (Å²) in [4.78, 5) is 0. The molecule has 2 nitrogen and oxygen atoms in total. The van der Waals surface area contributed by atoms with Gasteiger partial charge < -0.3 is 4.43 Å². The van der Waals surface area contributed by atoms with Crippen molar-refractivity contribution in [2.75, 3.05) is 0 Å². The first kappa shape index (κ1) is 13.9. The first-order chi connectivity index (χ1) is 6.16. The Kier molecular flexibility index (Phi) is 5.08. The van der Waals surface area contributed by atoms with E-state index in [1.54, 1.807) is 0 Å². The van der Waals surface area contributed by atoms with E-state index in [0.29, 0.717) is 0 Å². The van der Waals surface area contributed by atoms with Crippen molar-refractivity contribution in [2.45, 2.75) is 59.0 Å². The van der Waals surface area contributed by atoms with Crippen molar-refractivity contribution in [3.8, 4) is 0 Å². The highest BCUT2D eigenvalue weighted by Crippen LogP contribution is 2.15. The predicted octanol–water partition coefficient (Wildman–Crippen LogP) is 3.87. The Bertz CT molecular complexity index is 207. The molecule has 0 amide bonds.